The van der Waals surface area contributed by atoms with Gasteiger partial charge < -0.3 is 4.74 Å². The summed E-state index contributed by atoms with van der Waals surface area (Å²) in [7, 11) is 0. The number of halogens is 2. The third kappa shape index (κ3) is 4.63. The average Bonchev–Trinajstić information content (AvgIpc) is 2.86. The number of amides is 4. The summed E-state index contributed by atoms with van der Waals surface area (Å²) < 4.78 is 20.4. The second-order valence-corrected chi connectivity index (χ2v) is 8.97. The molecule has 0 atom stereocenters. The summed E-state index contributed by atoms with van der Waals surface area (Å²) in [5.41, 5.74) is 1.22. The highest BCUT2D eigenvalue weighted by Crippen LogP contribution is 2.32. The maximum atomic E-state index is 13.6. The number of imide groups is 2. The van der Waals surface area contributed by atoms with Gasteiger partial charge in [-0.2, -0.15) is 0 Å². The van der Waals surface area contributed by atoms with Crippen LogP contribution < -0.4 is 15.0 Å². The Hall–Kier alpha value is -4.30. The monoisotopic (exact) mass is 544 g/mol. The lowest BCUT2D eigenvalue weighted by atomic mass is 9.99. The third-order valence-electron chi connectivity index (χ3n) is 5.69. The molecule has 1 saturated heterocycles. The van der Waals surface area contributed by atoms with Crippen molar-refractivity contribution in [2.45, 2.75) is 6.61 Å². The summed E-state index contributed by atoms with van der Waals surface area (Å²) >= 11 is 3.33. The lowest BCUT2D eigenvalue weighted by Crippen LogP contribution is -2.54. The Bertz CT molecular complexity index is 1550. The molecule has 178 valence electrons. The Morgan fingerprint density at radius 2 is 1.69 bits per heavy atom. The normalized spacial score (nSPS) is 14.9. The van der Waals surface area contributed by atoms with E-state index in [-0.39, 0.29) is 18.0 Å². The number of hydrogen-bond acceptors (Lipinski definition) is 4. The summed E-state index contributed by atoms with van der Waals surface area (Å²) in [4.78, 5) is 39.6. The van der Waals surface area contributed by atoms with Gasteiger partial charge in [-0.25, -0.2) is 14.1 Å². The number of benzene rings is 4. The Morgan fingerprint density at radius 3 is 2.47 bits per heavy atom. The summed E-state index contributed by atoms with van der Waals surface area (Å²) in [6.45, 7) is 0.0793. The summed E-state index contributed by atoms with van der Waals surface area (Å²) in [5.74, 6) is -1.53. The molecule has 1 aliphatic rings. The number of ether oxygens (including phenoxy) is 1. The second-order valence-electron chi connectivity index (χ2n) is 8.05. The van der Waals surface area contributed by atoms with Crippen molar-refractivity contribution in [3.05, 3.63) is 112 Å². The quantitative estimate of drug-likeness (QED) is 0.247. The number of barbiturate groups is 1. The zero-order chi connectivity index (χ0) is 25.2. The van der Waals surface area contributed by atoms with Crippen molar-refractivity contribution >= 4 is 56.3 Å². The number of carbonyl (C=O) groups is 3. The Morgan fingerprint density at radius 1 is 0.917 bits per heavy atom. The predicted molar refractivity (Wildman–Crippen MR) is 138 cm³/mol. The van der Waals surface area contributed by atoms with E-state index in [9.17, 15) is 18.8 Å². The first-order valence-corrected chi connectivity index (χ1v) is 11.8. The predicted octanol–water partition coefficient (Wildman–Crippen LogP) is 5.99. The largest absolute Gasteiger partial charge is 0.488 e. The number of fused-ring (bicyclic) bond motifs is 1. The molecule has 0 spiro atoms. The third-order valence-corrected chi connectivity index (χ3v) is 6.22. The van der Waals surface area contributed by atoms with Gasteiger partial charge in [-0.05, 0) is 64.9 Å². The van der Waals surface area contributed by atoms with Crippen molar-refractivity contribution in [1.82, 2.24) is 5.32 Å². The van der Waals surface area contributed by atoms with Gasteiger partial charge in [0.1, 0.15) is 23.7 Å². The van der Waals surface area contributed by atoms with E-state index in [1.165, 1.54) is 18.2 Å². The number of nitrogens with one attached hydrogen (secondary N) is 1. The van der Waals surface area contributed by atoms with Gasteiger partial charge in [0.05, 0.1) is 5.69 Å². The van der Waals surface area contributed by atoms with Gasteiger partial charge in [0.2, 0.25) is 0 Å². The molecule has 8 heteroatoms. The molecule has 4 aromatic carbocycles. The highest BCUT2D eigenvalue weighted by atomic mass is 79.9. The molecular weight excluding hydrogens is 527 g/mol. The molecule has 0 bridgehead atoms. The fourth-order valence-corrected chi connectivity index (χ4v) is 4.23. The van der Waals surface area contributed by atoms with Crippen molar-refractivity contribution in [3.8, 4) is 5.75 Å². The minimum absolute atomic E-state index is 0.0793. The van der Waals surface area contributed by atoms with Crippen molar-refractivity contribution in [2.24, 2.45) is 0 Å². The molecule has 0 unspecified atom stereocenters. The van der Waals surface area contributed by atoms with Gasteiger partial charge >= 0.3 is 6.03 Å². The maximum absolute atomic E-state index is 13.6. The van der Waals surface area contributed by atoms with Gasteiger partial charge in [-0.15, -0.1) is 0 Å². The van der Waals surface area contributed by atoms with E-state index in [0.29, 0.717) is 22.6 Å². The SMILES string of the molecule is O=C1NC(=O)N(c2ccc(Br)cc2)C(=O)/C1=C/c1c(OCc2cccc(F)c2)ccc2ccccc12. The van der Waals surface area contributed by atoms with Gasteiger partial charge in [0.15, 0.2) is 0 Å². The van der Waals surface area contributed by atoms with Crippen molar-refractivity contribution in [3.63, 3.8) is 0 Å². The van der Waals surface area contributed by atoms with E-state index in [4.69, 9.17) is 4.74 Å². The van der Waals surface area contributed by atoms with Crippen LogP contribution in [0.15, 0.2) is 95.0 Å². The van der Waals surface area contributed by atoms with E-state index in [1.807, 2.05) is 30.3 Å². The van der Waals surface area contributed by atoms with Crippen LogP contribution in [-0.4, -0.2) is 17.8 Å². The van der Waals surface area contributed by atoms with Crippen molar-refractivity contribution < 1.29 is 23.5 Å². The maximum Gasteiger partial charge on any atom is 0.335 e. The Kier molecular flexibility index (Phi) is 6.35. The molecule has 0 aliphatic carbocycles. The molecule has 0 saturated carbocycles. The number of rotatable bonds is 5. The van der Waals surface area contributed by atoms with E-state index in [1.54, 1.807) is 42.5 Å². The summed E-state index contributed by atoms with van der Waals surface area (Å²) in [6, 6.07) is 22.9. The van der Waals surface area contributed by atoms with Gasteiger partial charge in [0, 0.05) is 10.0 Å². The van der Waals surface area contributed by atoms with E-state index >= 15 is 0 Å². The van der Waals surface area contributed by atoms with Gasteiger partial charge in [0.25, 0.3) is 11.8 Å². The molecule has 1 aliphatic heterocycles. The number of urea groups is 1. The van der Waals surface area contributed by atoms with Crippen LogP contribution in [0, 0.1) is 5.82 Å². The fraction of sp³-hybridized carbons (Fsp3) is 0.0357. The molecule has 36 heavy (non-hydrogen) atoms. The van der Waals surface area contributed by atoms with Crippen molar-refractivity contribution in [1.29, 1.82) is 0 Å². The summed E-state index contributed by atoms with van der Waals surface area (Å²) in [5, 5.41) is 3.85. The first-order chi connectivity index (χ1) is 17.4. The van der Waals surface area contributed by atoms with Crippen LogP contribution in [0.25, 0.3) is 16.8 Å². The van der Waals surface area contributed by atoms with Crippen molar-refractivity contribution in [2.75, 3.05) is 4.90 Å². The van der Waals surface area contributed by atoms with Crippen LogP contribution in [-0.2, 0) is 16.2 Å². The average molecular weight is 545 g/mol. The minimum Gasteiger partial charge on any atom is -0.488 e. The Labute approximate surface area is 214 Å². The van der Waals surface area contributed by atoms with Crippen LogP contribution in [0.1, 0.15) is 11.1 Å². The van der Waals surface area contributed by atoms with Gasteiger partial charge in [-0.1, -0.05) is 58.4 Å². The summed E-state index contributed by atoms with van der Waals surface area (Å²) in [6.07, 6.45) is 1.43. The lowest BCUT2D eigenvalue weighted by Gasteiger charge is -2.26. The van der Waals surface area contributed by atoms with Crippen LogP contribution in [0.5, 0.6) is 5.75 Å². The first kappa shape index (κ1) is 23.4. The highest BCUT2D eigenvalue weighted by Gasteiger charge is 2.37. The smallest absolute Gasteiger partial charge is 0.335 e. The molecule has 1 heterocycles. The molecule has 4 aromatic rings. The number of hydrogen-bond donors (Lipinski definition) is 1. The lowest BCUT2D eigenvalue weighted by molar-refractivity contribution is -0.122. The van der Waals surface area contributed by atoms with E-state index in [2.05, 4.69) is 21.2 Å². The topological polar surface area (TPSA) is 75.7 Å². The zero-order valence-electron chi connectivity index (χ0n) is 18.7. The van der Waals surface area contributed by atoms with Gasteiger partial charge in [-0.3, -0.25) is 14.9 Å². The van der Waals surface area contributed by atoms with Crippen LogP contribution in [0.2, 0.25) is 0 Å². The molecule has 1 fully saturated rings. The number of carbonyl (C=O) groups excluding carboxylic acids is 3. The number of anilines is 1. The molecule has 6 nitrogen and oxygen atoms in total. The molecule has 5 rings (SSSR count). The standard InChI is InChI=1S/C28H18BrFN2O4/c29-19-9-11-21(12-10-19)32-27(34)24(26(33)31-28(32)35)15-23-22-7-2-1-5-18(22)8-13-25(23)36-16-17-4-3-6-20(30)14-17/h1-15H,16H2,(H,31,33,35)/b24-15+. The fourth-order valence-electron chi connectivity index (χ4n) is 3.96. The molecular formula is C28H18BrFN2O4. The number of nitrogens with zero attached hydrogens (tertiary/aromatic N) is 1. The minimum atomic E-state index is -0.829. The van der Waals surface area contributed by atoms with E-state index < -0.39 is 17.8 Å². The second kappa shape index (κ2) is 9.75. The van der Waals surface area contributed by atoms with E-state index in [0.717, 1.165) is 20.1 Å². The zero-order valence-corrected chi connectivity index (χ0v) is 20.3. The van der Waals surface area contributed by atoms with Crippen LogP contribution >= 0.6 is 15.9 Å². The molecule has 4 amide bonds. The highest BCUT2D eigenvalue weighted by molar-refractivity contribution is 9.10. The van der Waals surface area contributed by atoms with Crippen LogP contribution in [0.3, 0.4) is 0 Å². The molecule has 0 radical (unpaired) electrons. The molecule has 1 N–H and O–H groups in total. The molecule has 0 aromatic heterocycles. The Balaban J connectivity index is 1.58. The van der Waals surface area contributed by atoms with Crippen LogP contribution in [0.4, 0.5) is 14.9 Å². The first-order valence-electron chi connectivity index (χ1n) is 11.0.